The van der Waals surface area contributed by atoms with Gasteiger partial charge in [-0.1, -0.05) is 11.3 Å². The number of anilines is 1. The van der Waals surface area contributed by atoms with Crippen molar-refractivity contribution in [3.05, 3.63) is 76.6 Å². The highest BCUT2D eigenvalue weighted by atomic mass is 32.1. The third kappa shape index (κ3) is 3.82. The van der Waals surface area contributed by atoms with Gasteiger partial charge in [0.1, 0.15) is 5.52 Å². The van der Waals surface area contributed by atoms with E-state index < -0.39 is 5.95 Å². The monoisotopic (exact) mass is 505 g/mol. The Balaban J connectivity index is 1.15. The summed E-state index contributed by atoms with van der Waals surface area (Å²) in [4.78, 5) is 41.3. The molecule has 0 saturated carbocycles. The third-order valence-electron chi connectivity index (χ3n) is 6.17. The van der Waals surface area contributed by atoms with Crippen LogP contribution in [0.15, 0.2) is 53.8 Å². The number of aromatic nitrogens is 7. The quantitative estimate of drug-likeness (QED) is 0.372. The van der Waals surface area contributed by atoms with Gasteiger partial charge < -0.3 is 9.80 Å². The summed E-state index contributed by atoms with van der Waals surface area (Å²) in [5.74, 6) is -0.405. The molecule has 13 heteroatoms. The molecule has 1 aliphatic heterocycles. The maximum Gasteiger partial charge on any atom is 0.276 e. The van der Waals surface area contributed by atoms with Crippen molar-refractivity contribution in [3.63, 3.8) is 0 Å². The van der Waals surface area contributed by atoms with E-state index in [-0.39, 0.29) is 17.4 Å². The predicted octanol–water partition coefficient (Wildman–Crippen LogP) is 2.14. The van der Waals surface area contributed by atoms with Gasteiger partial charge in [-0.05, 0) is 31.2 Å². The molecule has 0 radical (unpaired) electrons. The Morgan fingerprint density at radius 3 is 2.69 bits per heavy atom. The zero-order chi connectivity index (χ0) is 24.8. The van der Waals surface area contributed by atoms with Crippen molar-refractivity contribution in [3.8, 4) is 16.4 Å². The molecule has 5 aromatic rings. The molecule has 11 nitrogen and oxygen atoms in total. The van der Waals surface area contributed by atoms with Gasteiger partial charge in [0.15, 0.2) is 5.13 Å². The molecular formula is C23H20FN9O2S. The number of nitrogens with one attached hydrogen (secondary N) is 1. The Hall–Kier alpha value is -4.39. The SMILES string of the molecule is Cc1c(C(=O)N2CCN(c3ncc(-c4ccc(F)nc4)s3)CC2)cnn1-c1nn2cccc2c(=O)[nH]1. The highest BCUT2D eigenvalue weighted by Gasteiger charge is 2.27. The van der Waals surface area contributed by atoms with Crippen molar-refractivity contribution in [1.29, 1.82) is 0 Å². The fraction of sp³-hybridized carbons (Fsp3) is 0.217. The first-order valence-electron chi connectivity index (χ1n) is 11.2. The number of carbonyl (C=O) groups is 1. The maximum absolute atomic E-state index is 13.3. The molecule has 5 aromatic heterocycles. The standard InChI is InChI=1S/C23H20FN9O2S/c1-14-16(12-27-33(14)22-28-20(34)17-3-2-6-32(17)29-22)21(35)30-7-9-31(10-8-30)23-26-13-18(36-23)15-4-5-19(24)25-11-15/h2-6,11-13H,7-10H2,1H3,(H,28,29,34). The van der Waals surface area contributed by atoms with E-state index in [9.17, 15) is 14.0 Å². The van der Waals surface area contributed by atoms with Crippen LogP contribution in [0, 0.1) is 12.9 Å². The van der Waals surface area contributed by atoms with Crippen LogP contribution in [0.25, 0.3) is 21.9 Å². The van der Waals surface area contributed by atoms with Gasteiger partial charge in [-0.3, -0.25) is 14.6 Å². The number of hydrogen-bond donors (Lipinski definition) is 1. The van der Waals surface area contributed by atoms with Gasteiger partial charge in [0.05, 0.1) is 22.3 Å². The number of carbonyl (C=O) groups excluding carboxylic acids is 1. The van der Waals surface area contributed by atoms with E-state index in [4.69, 9.17) is 0 Å². The lowest BCUT2D eigenvalue weighted by Gasteiger charge is -2.34. The molecular weight excluding hydrogens is 485 g/mol. The van der Waals surface area contributed by atoms with Crippen molar-refractivity contribution >= 4 is 27.9 Å². The summed E-state index contributed by atoms with van der Waals surface area (Å²) in [6.07, 6.45) is 6.44. The number of H-pyrrole nitrogens is 1. The van der Waals surface area contributed by atoms with Crippen LogP contribution in [0.3, 0.4) is 0 Å². The molecule has 6 heterocycles. The minimum atomic E-state index is -0.517. The van der Waals surface area contributed by atoms with Crippen molar-refractivity contribution in [2.75, 3.05) is 31.1 Å². The Bertz CT molecular complexity index is 1630. The van der Waals surface area contributed by atoms with Gasteiger partial charge in [-0.25, -0.2) is 19.2 Å². The number of piperazine rings is 1. The van der Waals surface area contributed by atoms with Crippen LogP contribution in [0.5, 0.6) is 0 Å². The van der Waals surface area contributed by atoms with E-state index in [1.807, 2.05) is 0 Å². The minimum absolute atomic E-state index is 0.125. The molecule has 1 amide bonds. The van der Waals surface area contributed by atoms with Crippen LogP contribution in [-0.4, -0.2) is 71.3 Å². The molecule has 1 N–H and O–H groups in total. The highest BCUT2D eigenvalue weighted by molar-refractivity contribution is 7.18. The molecule has 0 bridgehead atoms. The first-order valence-corrected chi connectivity index (χ1v) is 12.0. The van der Waals surface area contributed by atoms with Crippen LogP contribution in [0.4, 0.5) is 9.52 Å². The van der Waals surface area contributed by atoms with Crippen molar-refractivity contribution in [1.82, 2.24) is 39.2 Å². The van der Waals surface area contributed by atoms with Crippen LogP contribution < -0.4 is 10.5 Å². The molecule has 0 aliphatic carbocycles. The molecule has 182 valence electrons. The fourth-order valence-corrected chi connectivity index (χ4v) is 5.16. The van der Waals surface area contributed by atoms with Crippen LogP contribution in [-0.2, 0) is 0 Å². The predicted molar refractivity (Wildman–Crippen MR) is 131 cm³/mol. The molecule has 0 aromatic carbocycles. The summed E-state index contributed by atoms with van der Waals surface area (Å²) in [5.41, 5.74) is 2.01. The summed E-state index contributed by atoms with van der Waals surface area (Å²) >= 11 is 1.51. The Kier molecular flexibility index (Phi) is 5.33. The summed E-state index contributed by atoms with van der Waals surface area (Å²) in [7, 11) is 0. The minimum Gasteiger partial charge on any atom is -0.345 e. The van der Waals surface area contributed by atoms with E-state index in [2.05, 4.69) is 30.0 Å². The first kappa shape index (κ1) is 22.1. The molecule has 1 fully saturated rings. The van der Waals surface area contributed by atoms with Crippen LogP contribution in [0.2, 0.25) is 0 Å². The Labute approximate surface area is 207 Å². The van der Waals surface area contributed by atoms with Crippen LogP contribution >= 0.6 is 11.3 Å². The number of hydrogen-bond acceptors (Lipinski definition) is 8. The second kappa shape index (κ2) is 8.68. The average Bonchev–Trinajstić information content (AvgIpc) is 3.64. The number of halogens is 1. The number of nitrogens with zero attached hydrogens (tertiary/aromatic N) is 8. The lowest BCUT2D eigenvalue weighted by molar-refractivity contribution is 0.0746. The van der Waals surface area contributed by atoms with Gasteiger partial charge in [-0.2, -0.15) is 9.49 Å². The van der Waals surface area contributed by atoms with E-state index in [1.165, 1.54) is 39.0 Å². The Morgan fingerprint density at radius 2 is 1.92 bits per heavy atom. The first-order chi connectivity index (χ1) is 17.5. The summed E-state index contributed by atoms with van der Waals surface area (Å²) in [6, 6.07) is 6.42. The smallest absolute Gasteiger partial charge is 0.276 e. The van der Waals surface area contributed by atoms with Crippen molar-refractivity contribution in [2.45, 2.75) is 6.92 Å². The van der Waals surface area contributed by atoms with Crippen molar-refractivity contribution in [2.24, 2.45) is 0 Å². The summed E-state index contributed by atoms with van der Waals surface area (Å²) in [5, 5.41) is 9.54. The number of aromatic amines is 1. The zero-order valence-electron chi connectivity index (χ0n) is 19.1. The maximum atomic E-state index is 13.3. The van der Waals surface area contributed by atoms with E-state index >= 15 is 0 Å². The molecule has 1 aliphatic rings. The molecule has 0 unspecified atom stereocenters. The van der Waals surface area contributed by atoms with Gasteiger partial charge in [0, 0.05) is 50.3 Å². The number of thiazole rings is 1. The van der Waals surface area contributed by atoms with Gasteiger partial charge in [0.25, 0.3) is 11.5 Å². The highest BCUT2D eigenvalue weighted by Crippen LogP contribution is 2.31. The van der Waals surface area contributed by atoms with E-state index in [0.29, 0.717) is 43.0 Å². The second-order valence-corrected chi connectivity index (χ2v) is 9.34. The molecule has 1 saturated heterocycles. The van der Waals surface area contributed by atoms with Gasteiger partial charge in [0.2, 0.25) is 11.9 Å². The lowest BCUT2D eigenvalue weighted by atomic mass is 10.2. The topological polar surface area (TPSA) is 117 Å². The largest absolute Gasteiger partial charge is 0.345 e. The number of pyridine rings is 1. The van der Waals surface area contributed by atoms with Crippen molar-refractivity contribution < 1.29 is 9.18 Å². The lowest BCUT2D eigenvalue weighted by Crippen LogP contribution is -2.48. The molecule has 0 spiro atoms. The third-order valence-corrected chi connectivity index (χ3v) is 7.28. The number of amides is 1. The molecule has 6 rings (SSSR count). The second-order valence-electron chi connectivity index (χ2n) is 8.33. The molecule has 0 atom stereocenters. The molecule has 36 heavy (non-hydrogen) atoms. The fourth-order valence-electron chi connectivity index (χ4n) is 4.20. The van der Waals surface area contributed by atoms with E-state index in [0.717, 1.165) is 15.6 Å². The van der Waals surface area contributed by atoms with Crippen LogP contribution in [0.1, 0.15) is 16.1 Å². The number of fused-ring (bicyclic) bond motifs is 1. The normalized spacial score (nSPS) is 14.1. The number of rotatable bonds is 4. The van der Waals surface area contributed by atoms with Gasteiger partial charge >= 0.3 is 0 Å². The van der Waals surface area contributed by atoms with Gasteiger partial charge in [-0.15, -0.1) is 5.10 Å². The zero-order valence-corrected chi connectivity index (χ0v) is 19.9. The average molecular weight is 506 g/mol. The summed E-state index contributed by atoms with van der Waals surface area (Å²) < 4.78 is 16.1. The summed E-state index contributed by atoms with van der Waals surface area (Å²) in [6.45, 7) is 4.10. The van der Waals surface area contributed by atoms with E-state index in [1.54, 1.807) is 42.4 Å². The Morgan fingerprint density at radius 1 is 1.08 bits per heavy atom.